The van der Waals surface area contributed by atoms with Crippen molar-refractivity contribution in [2.75, 3.05) is 0 Å². The monoisotopic (exact) mass is 118 g/mol. The number of rotatable bonds is 2. The maximum atomic E-state index is 9.82. The van der Waals surface area contributed by atoms with Crippen molar-refractivity contribution in [3.05, 3.63) is 11.5 Å². The first-order valence-electron chi connectivity index (χ1n) is 1.59. The van der Waals surface area contributed by atoms with Crippen LogP contribution in [-0.4, -0.2) is 5.91 Å². The summed E-state index contributed by atoms with van der Waals surface area (Å²) in [4.78, 5) is 9.82. The molecular formula is C3H6N2OS. The molecule has 0 aromatic carbocycles. The third-order valence-electron chi connectivity index (χ3n) is 0.311. The first-order chi connectivity index (χ1) is 3.27. The van der Waals surface area contributed by atoms with E-state index in [1.807, 2.05) is 0 Å². The van der Waals surface area contributed by atoms with Gasteiger partial charge in [0.1, 0.15) is 0 Å². The molecule has 40 valence electrons. The van der Waals surface area contributed by atoms with Gasteiger partial charge in [-0.1, -0.05) is 11.9 Å². The number of primary amides is 1. The Labute approximate surface area is 45.9 Å². The van der Waals surface area contributed by atoms with E-state index in [9.17, 15) is 4.79 Å². The van der Waals surface area contributed by atoms with Gasteiger partial charge in [0.15, 0.2) is 0 Å². The molecule has 0 spiro atoms. The molecule has 0 bridgehead atoms. The molecule has 0 radical (unpaired) electrons. The van der Waals surface area contributed by atoms with Crippen LogP contribution in [0.5, 0.6) is 0 Å². The van der Waals surface area contributed by atoms with Crippen LogP contribution >= 0.6 is 11.9 Å². The predicted octanol–water partition coefficient (Wildman–Crippen LogP) is -0.408. The highest BCUT2D eigenvalue weighted by molar-refractivity contribution is 7.99. The topological polar surface area (TPSA) is 69.1 Å². The smallest absolute Gasteiger partial charge is 0.241 e. The highest BCUT2D eigenvalue weighted by Gasteiger charge is 1.76. The highest BCUT2D eigenvalue weighted by Crippen LogP contribution is 1.84. The van der Waals surface area contributed by atoms with Crippen LogP contribution < -0.4 is 10.9 Å². The van der Waals surface area contributed by atoms with E-state index >= 15 is 0 Å². The molecular weight excluding hydrogens is 112 g/mol. The van der Waals surface area contributed by atoms with Crippen molar-refractivity contribution in [1.82, 2.24) is 0 Å². The van der Waals surface area contributed by atoms with Gasteiger partial charge in [0.25, 0.3) is 0 Å². The van der Waals surface area contributed by atoms with Crippen molar-refractivity contribution in [2.45, 2.75) is 0 Å². The lowest BCUT2D eigenvalue weighted by Gasteiger charge is -1.74. The van der Waals surface area contributed by atoms with Gasteiger partial charge in [-0.25, -0.2) is 0 Å². The molecule has 4 heteroatoms. The average Bonchev–Trinajstić information content (AvgIpc) is 1.61. The number of carbonyl (C=O) groups excluding carboxylic acids is 1. The lowest BCUT2D eigenvalue weighted by Crippen LogP contribution is -2.04. The first-order valence-corrected chi connectivity index (χ1v) is 2.53. The summed E-state index contributed by atoms with van der Waals surface area (Å²) >= 11 is 0.949. The van der Waals surface area contributed by atoms with Crippen molar-refractivity contribution in [3.8, 4) is 0 Å². The van der Waals surface area contributed by atoms with Gasteiger partial charge in [0.05, 0.1) is 0 Å². The summed E-state index contributed by atoms with van der Waals surface area (Å²) in [7, 11) is 0. The van der Waals surface area contributed by atoms with Gasteiger partial charge in [-0.3, -0.25) is 9.93 Å². The summed E-state index contributed by atoms with van der Waals surface area (Å²) in [6, 6.07) is 0. The molecule has 0 fully saturated rings. The molecule has 0 aliphatic heterocycles. The van der Waals surface area contributed by atoms with Gasteiger partial charge in [-0.15, -0.1) is 0 Å². The lowest BCUT2D eigenvalue weighted by atomic mass is 10.6. The second-order valence-electron chi connectivity index (χ2n) is 0.841. The zero-order chi connectivity index (χ0) is 5.70. The fourth-order valence-corrected chi connectivity index (χ4v) is 0.319. The van der Waals surface area contributed by atoms with Crippen molar-refractivity contribution >= 4 is 17.9 Å². The molecule has 4 N–H and O–H groups in total. The zero-order valence-electron chi connectivity index (χ0n) is 3.63. The largest absolute Gasteiger partial charge is 0.366 e. The minimum absolute atomic E-state index is 0.474. The van der Waals surface area contributed by atoms with Crippen molar-refractivity contribution in [2.24, 2.45) is 10.9 Å². The summed E-state index contributed by atoms with van der Waals surface area (Å²) in [5.74, 6) is -0.474. The van der Waals surface area contributed by atoms with Crippen LogP contribution in [0, 0.1) is 0 Å². The Morgan fingerprint density at radius 1 is 1.71 bits per heavy atom. The molecule has 0 aromatic heterocycles. The van der Waals surface area contributed by atoms with Gasteiger partial charge in [-0.05, 0) is 5.41 Å². The van der Waals surface area contributed by atoms with Gasteiger partial charge in [0, 0.05) is 6.08 Å². The van der Waals surface area contributed by atoms with Gasteiger partial charge in [-0.2, -0.15) is 0 Å². The second-order valence-corrected chi connectivity index (χ2v) is 1.39. The van der Waals surface area contributed by atoms with Crippen LogP contribution in [0.25, 0.3) is 0 Å². The minimum Gasteiger partial charge on any atom is -0.366 e. The molecule has 0 saturated heterocycles. The van der Waals surface area contributed by atoms with E-state index in [2.05, 4.69) is 5.73 Å². The van der Waals surface area contributed by atoms with Gasteiger partial charge < -0.3 is 5.73 Å². The van der Waals surface area contributed by atoms with Crippen molar-refractivity contribution in [1.29, 1.82) is 0 Å². The summed E-state index contributed by atoms with van der Waals surface area (Å²) in [5.41, 5.74) is 4.68. The minimum atomic E-state index is -0.474. The van der Waals surface area contributed by atoms with Gasteiger partial charge in [0.2, 0.25) is 5.91 Å². The summed E-state index contributed by atoms with van der Waals surface area (Å²) in [6.07, 6.45) is 1.20. The molecule has 0 unspecified atom stereocenters. The van der Waals surface area contributed by atoms with Crippen LogP contribution in [0.3, 0.4) is 0 Å². The summed E-state index contributed by atoms with van der Waals surface area (Å²) in [5, 5.41) is 6.32. The molecule has 7 heavy (non-hydrogen) atoms. The molecule has 3 nitrogen and oxygen atoms in total. The van der Waals surface area contributed by atoms with E-state index in [1.54, 1.807) is 0 Å². The second kappa shape index (κ2) is 3.70. The van der Waals surface area contributed by atoms with Crippen LogP contribution in [0.2, 0.25) is 0 Å². The maximum Gasteiger partial charge on any atom is 0.241 e. The fourth-order valence-electron chi connectivity index (χ4n) is 0.106. The van der Waals surface area contributed by atoms with E-state index in [1.165, 1.54) is 11.5 Å². The maximum absolute atomic E-state index is 9.82. The highest BCUT2D eigenvalue weighted by atomic mass is 32.2. The molecule has 1 amide bonds. The number of nitrogens with two attached hydrogens (primary N) is 2. The van der Waals surface area contributed by atoms with E-state index < -0.39 is 5.91 Å². The van der Waals surface area contributed by atoms with E-state index in [0.717, 1.165) is 11.9 Å². The van der Waals surface area contributed by atoms with E-state index in [-0.39, 0.29) is 0 Å². The summed E-state index contributed by atoms with van der Waals surface area (Å²) in [6.45, 7) is 0. The van der Waals surface area contributed by atoms with Gasteiger partial charge >= 0.3 is 0 Å². The fraction of sp³-hybridized carbons (Fsp3) is 0. The van der Waals surface area contributed by atoms with E-state index in [0.29, 0.717) is 0 Å². The molecule has 0 aromatic rings. The average molecular weight is 118 g/mol. The van der Waals surface area contributed by atoms with Crippen molar-refractivity contribution < 1.29 is 4.79 Å². The Morgan fingerprint density at radius 2 is 2.29 bits per heavy atom. The van der Waals surface area contributed by atoms with Crippen LogP contribution in [0.4, 0.5) is 0 Å². The quantitative estimate of drug-likeness (QED) is 0.382. The standard InChI is InChI=1S/C3H6N2OS/c4-3(6)1-2-7-5/h1-2H,5H2,(H2,4,6). The molecule has 0 aliphatic rings. The number of carbonyl (C=O) groups is 1. The SMILES string of the molecule is NSC=CC(N)=O. The van der Waals surface area contributed by atoms with E-state index in [4.69, 9.17) is 5.14 Å². The third-order valence-corrected chi connectivity index (χ3v) is 0.604. The van der Waals surface area contributed by atoms with Crippen LogP contribution in [0.15, 0.2) is 11.5 Å². The molecule has 0 rings (SSSR count). The molecule has 0 atom stereocenters. The normalized spacial score (nSPS) is 9.86. The predicted molar refractivity (Wildman–Crippen MR) is 30.1 cm³/mol. The Bertz CT molecular complexity index is 90.9. The van der Waals surface area contributed by atoms with Crippen LogP contribution in [-0.2, 0) is 4.79 Å². The Morgan fingerprint density at radius 3 is 2.43 bits per heavy atom. The Balaban J connectivity index is 3.26. The number of hydrogen-bond donors (Lipinski definition) is 2. The third kappa shape index (κ3) is 5.52. The van der Waals surface area contributed by atoms with Crippen molar-refractivity contribution in [3.63, 3.8) is 0 Å². The zero-order valence-corrected chi connectivity index (χ0v) is 4.44. The molecule has 0 aliphatic carbocycles. The lowest BCUT2D eigenvalue weighted by molar-refractivity contribution is -0.113. The first kappa shape index (κ1) is 6.52. The Kier molecular flexibility index (Phi) is 3.45. The number of hydrogen-bond acceptors (Lipinski definition) is 3. The number of amides is 1. The molecule has 0 heterocycles. The van der Waals surface area contributed by atoms with Crippen LogP contribution in [0.1, 0.15) is 0 Å². The Hall–Kier alpha value is -0.480. The summed E-state index contributed by atoms with van der Waals surface area (Å²) < 4.78 is 0. The molecule has 0 saturated carbocycles.